The van der Waals surface area contributed by atoms with E-state index in [0.717, 1.165) is 24.8 Å². The molecule has 0 saturated carbocycles. The molecule has 1 aliphatic rings. The Labute approximate surface area is 120 Å². The summed E-state index contributed by atoms with van der Waals surface area (Å²) in [7, 11) is 0. The van der Waals surface area contributed by atoms with E-state index in [4.69, 9.17) is 11.6 Å². The average Bonchev–Trinajstić information content (AvgIpc) is 2.27. The van der Waals surface area contributed by atoms with Gasteiger partial charge in [0.1, 0.15) is 0 Å². The molecule has 1 aromatic carbocycles. The van der Waals surface area contributed by atoms with Crippen LogP contribution in [-0.2, 0) is 0 Å². The van der Waals surface area contributed by atoms with Gasteiger partial charge in [0.15, 0.2) is 0 Å². The highest BCUT2D eigenvalue weighted by Crippen LogP contribution is 2.31. The minimum Gasteiger partial charge on any atom is -0.387 e. The molecule has 0 radical (unpaired) electrons. The lowest BCUT2D eigenvalue weighted by Gasteiger charge is -2.39. The zero-order chi connectivity index (χ0) is 12.5. The monoisotopic (exact) mass is 289 g/mol. The molecule has 0 spiro atoms. The van der Waals surface area contributed by atoms with Crippen molar-refractivity contribution < 1.29 is 5.11 Å². The SMILES string of the molecule is CC1(C)CCCC([C@@H](O)c2ccccc2Cl)N1.Cl. The first-order chi connectivity index (χ1) is 7.99. The third-order valence-electron chi connectivity index (χ3n) is 3.50. The third kappa shape index (κ3) is 3.61. The van der Waals surface area contributed by atoms with Gasteiger partial charge in [0.2, 0.25) is 0 Å². The summed E-state index contributed by atoms with van der Waals surface area (Å²) in [5, 5.41) is 14.6. The zero-order valence-electron chi connectivity index (χ0n) is 10.8. The maximum Gasteiger partial charge on any atom is 0.0957 e. The summed E-state index contributed by atoms with van der Waals surface area (Å²) in [5.41, 5.74) is 0.926. The fraction of sp³-hybridized carbons (Fsp3) is 0.571. The molecule has 0 aliphatic carbocycles. The first-order valence-electron chi connectivity index (χ1n) is 6.20. The molecule has 4 heteroatoms. The van der Waals surface area contributed by atoms with Gasteiger partial charge in [-0.3, -0.25) is 0 Å². The van der Waals surface area contributed by atoms with Crippen LogP contribution < -0.4 is 5.32 Å². The van der Waals surface area contributed by atoms with Crippen molar-refractivity contribution in [3.8, 4) is 0 Å². The van der Waals surface area contributed by atoms with E-state index in [1.54, 1.807) is 0 Å². The third-order valence-corrected chi connectivity index (χ3v) is 3.84. The minimum absolute atomic E-state index is 0. The van der Waals surface area contributed by atoms with Crippen LogP contribution in [0.4, 0.5) is 0 Å². The van der Waals surface area contributed by atoms with Crippen molar-refractivity contribution in [1.29, 1.82) is 0 Å². The quantitative estimate of drug-likeness (QED) is 0.870. The number of hydrogen-bond acceptors (Lipinski definition) is 2. The Morgan fingerprint density at radius 1 is 1.39 bits per heavy atom. The molecule has 0 amide bonds. The summed E-state index contributed by atoms with van der Waals surface area (Å²) in [6, 6.07) is 7.62. The molecule has 102 valence electrons. The fourth-order valence-corrected chi connectivity index (χ4v) is 2.83. The van der Waals surface area contributed by atoms with Crippen molar-refractivity contribution >= 4 is 24.0 Å². The first kappa shape index (κ1) is 15.8. The van der Waals surface area contributed by atoms with Gasteiger partial charge in [-0.1, -0.05) is 29.8 Å². The second-order valence-electron chi connectivity index (χ2n) is 5.49. The number of piperidine rings is 1. The van der Waals surface area contributed by atoms with Crippen LogP contribution in [0.2, 0.25) is 5.02 Å². The van der Waals surface area contributed by atoms with Crippen molar-refractivity contribution in [2.24, 2.45) is 0 Å². The maximum atomic E-state index is 10.4. The van der Waals surface area contributed by atoms with Gasteiger partial charge in [-0.25, -0.2) is 0 Å². The van der Waals surface area contributed by atoms with E-state index in [1.807, 2.05) is 24.3 Å². The van der Waals surface area contributed by atoms with E-state index in [2.05, 4.69) is 19.2 Å². The molecule has 1 aromatic rings. The largest absolute Gasteiger partial charge is 0.387 e. The molecule has 2 rings (SSSR count). The summed E-state index contributed by atoms with van der Waals surface area (Å²) in [4.78, 5) is 0. The number of aliphatic hydroxyl groups excluding tert-OH is 1. The van der Waals surface area contributed by atoms with Gasteiger partial charge >= 0.3 is 0 Å². The molecule has 0 bridgehead atoms. The van der Waals surface area contributed by atoms with Crippen LogP contribution in [0.25, 0.3) is 0 Å². The summed E-state index contributed by atoms with van der Waals surface area (Å²) >= 11 is 6.12. The summed E-state index contributed by atoms with van der Waals surface area (Å²) in [6.45, 7) is 4.36. The highest BCUT2D eigenvalue weighted by atomic mass is 35.5. The maximum absolute atomic E-state index is 10.4. The molecule has 1 unspecified atom stereocenters. The number of halogens is 2. The Hall–Kier alpha value is -0.280. The molecular weight excluding hydrogens is 269 g/mol. The lowest BCUT2D eigenvalue weighted by molar-refractivity contribution is 0.0845. The predicted molar refractivity (Wildman–Crippen MR) is 78.5 cm³/mol. The summed E-state index contributed by atoms with van der Waals surface area (Å²) < 4.78 is 0. The minimum atomic E-state index is -0.525. The van der Waals surface area contributed by atoms with Crippen molar-refractivity contribution in [3.63, 3.8) is 0 Å². The molecule has 2 N–H and O–H groups in total. The Morgan fingerprint density at radius 3 is 2.67 bits per heavy atom. The topological polar surface area (TPSA) is 32.3 Å². The Morgan fingerprint density at radius 2 is 2.06 bits per heavy atom. The normalized spacial score (nSPS) is 24.1. The van der Waals surface area contributed by atoms with E-state index in [-0.39, 0.29) is 24.0 Å². The zero-order valence-corrected chi connectivity index (χ0v) is 12.4. The fourth-order valence-electron chi connectivity index (χ4n) is 2.58. The highest BCUT2D eigenvalue weighted by Gasteiger charge is 2.32. The molecule has 1 fully saturated rings. The van der Waals surface area contributed by atoms with Crippen LogP contribution in [0.3, 0.4) is 0 Å². The number of benzene rings is 1. The molecular formula is C14H21Cl2NO. The predicted octanol–water partition coefficient (Wildman–Crippen LogP) is 3.72. The van der Waals surface area contributed by atoms with Gasteiger partial charge in [-0.2, -0.15) is 0 Å². The van der Waals surface area contributed by atoms with Gasteiger partial charge < -0.3 is 10.4 Å². The molecule has 1 aliphatic heterocycles. The molecule has 18 heavy (non-hydrogen) atoms. The molecule has 2 nitrogen and oxygen atoms in total. The number of hydrogen-bond donors (Lipinski definition) is 2. The van der Waals surface area contributed by atoms with Gasteiger partial charge in [0.25, 0.3) is 0 Å². The molecule has 0 aromatic heterocycles. The molecule has 1 saturated heterocycles. The van der Waals surface area contributed by atoms with E-state index >= 15 is 0 Å². The number of aliphatic hydroxyl groups is 1. The smallest absolute Gasteiger partial charge is 0.0957 e. The standard InChI is InChI=1S/C14H20ClNO.ClH/c1-14(2)9-5-8-12(16-14)13(17)10-6-3-4-7-11(10)15;/h3-4,6-7,12-13,16-17H,5,8-9H2,1-2H3;1H/t12?,13-;/m0./s1. The number of nitrogens with one attached hydrogen (secondary N) is 1. The van der Waals surface area contributed by atoms with Crippen molar-refractivity contribution in [2.45, 2.75) is 50.8 Å². The highest BCUT2D eigenvalue weighted by molar-refractivity contribution is 6.31. The van der Waals surface area contributed by atoms with Crippen LogP contribution in [-0.4, -0.2) is 16.7 Å². The van der Waals surface area contributed by atoms with E-state index in [9.17, 15) is 5.11 Å². The Bertz CT molecular complexity index is 395. The van der Waals surface area contributed by atoms with E-state index in [0.29, 0.717) is 5.02 Å². The Kier molecular flexibility index (Phi) is 5.47. The van der Waals surface area contributed by atoms with Gasteiger partial charge in [0, 0.05) is 22.2 Å². The van der Waals surface area contributed by atoms with Crippen molar-refractivity contribution in [1.82, 2.24) is 5.32 Å². The van der Waals surface area contributed by atoms with Crippen LogP contribution in [0, 0.1) is 0 Å². The molecule has 2 atom stereocenters. The average molecular weight is 290 g/mol. The van der Waals surface area contributed by atoms with Crippen LogP contribution in [0.5, 0.6) is 0 Å². The van der Waals surface area contributed by atoms with E-state index in [1.165, 1.54) is 0 Å². The van der Waals surface area contributed by atoms with Gasteiger partial charge in [-0.05, 0) is 39.2 Å². The first-order valence-corrected chi connectivity index (χ1v) is 6.57. The Balaban J connectivity index is 0.00000162. The van der Waals surface area contributed by atoms with Crippen molar-refractivity contribution in [3.05, 3.63) is 34.9 Å². The number of rotatable bonds is 2. The van der Waals surface area contributed by atoms with Crippen molar-refractivity contribution in [2.75, 3.05) is 0 Å². The van der Waals surface area contributed by atoms with Gasteiger partial charge in [0.05, 0.1) is 6.10 Å². The second kappa shape index (κ2) is 6.25. The van der Waals surface area contributed by atoms with Crippen LogP contribution in [0.1, 0.15) is 44.8 Å². The van der Waals surface area contributed by atoms with Crippen LogP contribution >= 0.6 is 24.0 Å². The second-order valence-corrected chi connectivity index (χ2v) is 5.90. The van der Waals surface area contributed by atoms with Gasteiger partial charge in [-0.15, -0.1) is 12.4 Å². The van der Waals surface area contributed by atoms with E-state index < -0.39 is 6.10 Å². The van der Waals surface area contributed by atoms with Crippen LogP contribution in [0.15, 0.2) is 24.3 Å². The summed E-state index contributed by atoms with van der Waals surface area (Å²) in [5.74, 6) is 0. The lowest BCUT2D eigenvalue weighted by atomic mass is 9.85. The molecule has 1 heterocycles. The lowest BCUT2D eigenvalue weighted by Crippen LogP contribution is -2.51. The summed E-state index contributed by atoms with van der Waals surface area (Å²) in [6.07, 6.45) is 2.77.